The lowest BCUT2D eigenvalue weighted by molar-refractivity contribution is -0.215. The van der Waals surface area contributed by atoms with Gasteiger partial charge in [0.15, 0.2) is 5.65 Å². The molecule has 184 valence electrons. The zero-order valence-corrected chi connectivity index (χ0v) is 18.0. The average molecular weight is 482 g/mol. The Morgan fingerprint density at radius 2 is 1.94 bits per heavy atom. The van der Waals surface area contributed by atoms with E-state index in [1.54, 1.807) is 0 Å². The molecule has 14 heteroatoms. The van der Waals surface area contributed by atoms with Gasteiger partial charge in [-0.3, -0.25) is 0 Å². The third-order valence-corrected chi connectivity index (χ3v) is 5.66. The van der Waals surface area contributed by atoms with Crippen molar-refractivity contribution in [3.63, 3.8) is 0 Å². The Hall–Kier alpha value is -2.61. The van der Waals surface area contributed by atoms with Gasteiger partial charge in [0.1, 0.15) is 6.04 Å². The van der Waals surface area contributed by atoms with E-state index in [0.717, 1.165) is 18.7 Å². The summed E-state index contributed by atoms with van der Waals surface area (Å²) in [5, 5.41) is 6.04. The number of fused-ring (bicyclic) bond motifs is 1. The number of amides is 2. The lowest BCUT2D eigenvalue weighted by Gasteiger charge is -2.29. The van der Waals surface area contributed by atoms with Crippen molar-refractivity contribution in [2.75, 3.05) is 20.3 Å². The highest BCUT2D eigenvalue weighted by atomic mass is 19.4. The Morgan fingerprint density at radius 1 is 1.27 bits per heavy atom. The number of rotatable bonds is 7. The summed E-state index contributed by atoms with van der Waals surface area (Å²) in [7, 11) is 1.34. The quantitative estimate of drug-likeness (QED) is 0.590. The van der Waals surface area contributed by atoms with Crippen LogP contribution in [0.15, 0.2) is 18.5 Å². The molecule has 1 aliphatic heterocycles. The van der Waals surface area contributed by atoms with E-state index in [1.165, 1.54) is 30.1 Å². The van der Waals surface area contributed by atoms with Crippen LogP contribution >= 0.6 is 0 Å². The van der Waals surface area contributed by atoms with E-state index in [-0.39, 0.29) is 17.9 Å². The van der Waals surface area contributed by atoms with Gasteiger partial charge in [-0.2, -0.15) is 31.4 Å². The molecule has 1 saturated heterocycles. The largest absolute Gasteiger partial charge is 0.410 e. The average Bonchev–Trinajstić information content (AvgIpc) is 3.27. The maximum Gasteiger partial charge on any atom is 0.410 e. The van der Waals surface area contributed by atoms with Crippen LogP contribution in [-0.4, -0.2) is 64.2 Å². The van der Waals surface area contributed by atoms with E-state index in [2.05, 4.69) is 10.1 Å². The number of alkyl halides is 6. The second-order valence-corrected chi connectivity index (χ2v) is 8.62. The van der Waals surface area contributed by atoms with Gasteiger partial charge in [0, 0.05) is 18.7 Å². The van der Waals surface area contributed by atoms with Crippen molar-refractivity contribution in [1.29, 1.82) is 0 Å². The van der Waals surface area contributed by atoms with Gasteiger partial charge in [0.05, 0.1) is 42.7 Å². The summed E-state index contributed by atoms with van der Waals surface area (Å²) in [6.45, 7) is 1.37. The molecule has 0 radical (unpaired) electrons. The molecule has 2 amide bonds. The SMILES string of the molecule is COC[C@H](c1cnn2cc([C@@H](N)CC(C)(C)C(F)(F)F)nc2c1)N1C[C@@H](C(F)(F)F)NC1=O. The minimum absolute atomic E-state index is 0.108. The Morgan fingerprint density at radius 3 is 2.48 bits per heavy atom. The number of nitrogens with zero attached hydrogens (tertiary/aromatic N) is 4. The molecule has 3 N–H and O–H groups in total. The summed E-state index contributed by atoms with van der Waals surface area (Å²) < 4.78 is 85.2. The maximum absolute atomic E-state index is 13.2. The second kappa shape index (κ2) is 8.63. The summed E-state index contributed by atoms with van der Waals surface area (Å²) in [6, 6.07) is -3.36. The number of nitrogens with one attached hydrogen (secondary N) is 1. The molecule has 3 atom stereocenters. The first-order valence-electron chi connectivity index (χ1n) is 9.94. The number of hydrogen-bond acceptors (Lipinski definition) is 5. The Balaban J connectivity index is 1.87. The summed E-state index contributed by atoms with van der Waals surface area (Å²) in [5.74, 6) is 0. The first-order valence-corrected chi connectivity index (χ1v) is 9.94. The molecular formula is C19H24F6N6O2. The smallest absolute Gasteiger partial charge is 0.382 e. The van der Waals surface area contributed by atoms with Crippen LogP contribution < -0.4 is 11.1 Å². The standard InChI is InChI=1S/C19H24F6N6O2/c1-17(2,19(23,24)25)5-11(26)12-7-31-15(28-12)4-10(6-27-31)13(9-33-3)30-8-14(18(20,21)22)29-16(30)32/h4,6-7,11,13-14H,5,8-9,26H2,1-3H3,(H,29,32)/t11-,13+,14-/m0/s1. The molecule has 0 saturated carbocycles. The van der Waals surface area contributed by atoms with Crippen LogP contribution in [0, 0.1) is 5.41 Å². The topological polar surface area (TPSA) is 97.8 Å². The van der Waals surface area contributed by atoms with Crippen LogP contribution in [0.1, 0.15) is 43.6 Å². The van der Waals surface area contributed by atoms with E-state index in [9.17, 15) is 31.1 Å². The van der Waals surface area contributed by atoms with Gasteiger partial charge in [-0.25, -0.2) is 14.3 Å². The van der Waals surface area contributed by atoms with Gasteiger partial charge in [-0.1, -0.05) is 13.8 Å². The van der Waals surface area contributed by atoms with Crippen LogP contribution in [0.5, 0.6) is 0 Å². The molecule has 2 aromatic heterocycles. The fraction of sp³-hybridized carbons (Fsp3) is 0.632. The predicted molar refractivity (Wildman–Crippen MR) is 104 cm³/mol. The Labute approximate surface area is 185 Å². The number of urea groups is 1. The molecule has 1 fully saturated rings. The number of ether oxygens (including phenoxy) is 1. The van der Waals surface area contributed by atoms with Crippen molar-refractivity contribution in [3.8, 4) is 0 Å². The normalized spacial score (nSPS) is 19.8. The molecule has 0 unspecified atom stereocenters. The number of hydrogen-bond donors (Lipinski definition) is 2. The number of imidazole rings is 1. The van der Waals surface area contributed by atoms with E-state index < -0.39 is 54.9 Å². The summed E-state index contributed by atoms with van der Waals surface area (Å²) in [6.07, 6.45) is -6.74. The molecule has 0 aromatic carbocycles. The van der Waals surface area contributed by atoms with Crippen molar-refractivity contribution in [2.45, 2.75) is 50.7 Å². The third kappa shape index (κ3) is 5.16. The van der Waals surface area contributed by atoms with Crippen molar-refractivity contribution >= 4 is 11.7 Å². The number of nitrogens with two attached hydrogens (primary N) is 1. The lowest BCUT2D eigenvalue weighted by atomic mass is 9.84. The van der Waals surface area contributed by atoms with Gasteiger partial charge in [0.2, 0.25) is 0 Å². The molecule has 0 spiro atoms. The predicted octanol–water partition coefficient (Wildman–Crippen LogP) is 3.35. The van der Waals surface area contributed by atoms with E-state index in [4.69, 9.17) is 10.5 Å². The second-order valence-electron chi connectivity index (χ2n) is 8.62. The minimum atomic E-state index is -4.61. The van der Waals surface area contributed by atoms with Gasteiger partial charge in [-0.15, -0.1) is 0 Å². The van der Waals surface area contributed by atoms with Crippen molar-refractivity contribution in [1.82, 2.24) is 24.8 Å². The van der Waals surface area contributed by atoms with Crippen LogP contribution in [0.4, 0.5) is 31.1 Å². The highest BCUT2D eigenvalue weighted by Crippen LogP contribution is 2.43. The van der Waals surface area contributed by atoms with Crippen LogP contribution in [-0.2, 0) is 4.74 Å². The molecule has 0 bridgehead atoms. The van der Waals surface area contributed by atoms with Crippen molar-refractivity contribution < 1.29 is 35.9 Å². The fourth-order valence-electron chi connectivity index (χ4n) is 3.58. The number of halogens is 6. The molecule has 2 aromatic rings. The summed E-state index contributed by atoms with van der Waals surface area (Å²) in [5.41, 5.74) is 4.68. The first-order chi connectivity index (χ1) is 15.1. The van der Waals surface area contributed by atoms with E-state index in [1.807, 2.05) is 5.32 Å². The molecular weight excluding hydrogens is 458 g/mol. The zero-order chi connectivity index (χ0) is 24.8. The number of carbonyl (C=O) groups is 1. The van der Waals surface area contributed by atoms with Crippen molar-refractivity contribution in [2.24, 2.45) is 11.1 Å². The maximum atomic E-state index is 13.2. The fourth-order valence-corrected chi connectivity index (χ4v) is 3.58. The van der Waals surface area contributed by atoms with Gasteiger partial charge < -0.3 is 20.7 Å². The van der Waals surface area contributed by atoms with Gasteiger partial charge in [-0.05, 0) is 12.5 Å². The number of methoxy groups -OCH3 is 1. The highest BCUT2D eigenvalue weighted by Gasteiger charge is 2.49. The lowest BCUT2D eigenvalue weighted by Crippen LogP contribution is -2.40. The van der Waals surface area contributed by atoms with E-state index >= 15 is 0 Å². The third-order valence-electron chi connectivity index (χ3n) is 5.66. The molecule has 8 nitrogen and oxygen atoms in total. The van der Waals surface area contributed by atoms with Gasteiger partial charge in [0.25, 0.3) is 0 Å². The van der Waals surface area contributed by atoms with Crippen LogP contribution in [0.3, 0.4) is 0 Å². The first kappa shape index (κ1) is 25.0. The number of carbonyl (C=O) groups excluding carboxylic acids is 1. The van der Waals surface area contributed by atoms with E-state index in [0.29, 0.717) is 5.56 Å². The van der Waals surface area contributed by atoms with Gasteiger partial charge >= 0.3 is 18.4 Å². The highest BCUT2D eigenvalue weighted by molar-refractivity contribution is 5.77. The molecule has 3 rings (SSSR count). The monoisotopic (exact) mass is 482 g/mol. The molecule has 3 heterocycles. The van der Waals surface area contributed by atoms with Crippen LogP contribution in [0.2, 0.25) is 0 Å². The zero-order valence-electron chi connectivity index (χ0n) is 18.0. The summed E-state index contributed by atoms with van der Waals surface area (Å²) in [4.78, 5) is 17.4. The van der Waals surface area contributed by atoms with Crippen LogP contribution in [0.25, 0.3) is 5.65 Å². The number of aromatic nitrogens is 3. The Bertz CT molecular complexity index is 1000. The summed E-state index contributed by atoms with van der Waals surface area (Å²) >= 11 is 0. The Kier molecular flexibility index (Phi) is 6.54. The molecule has 33 heavy (non-hydrogen) atoms. The molecule has 1 aliphatic rings. The molecule has 0 aliphatic carbocycles. The van der Waals surface area contributed by atoms with Crippen molar-refractivity contribution in [3.05, 3.63) is 29.7 Å². The minimum Gasteiger partial charge on any atom is -0.382 e.